The number of hydrogen-bond acceptors (Lipinski definition) is 5. The molecule has 2 heterocycles. The zero-order valence-electron chi connectivity index (χ0n) is 14.3. The number of aliphatic hydroxyl groups is 1. The predicted octanol–water partition coefficient (Wildman–Crippen LogP) is 2.38. The van der Waals surface area contributed by atoms with Crippen LogP contribution in [0.2, 0.25) is 0 Å². The molecule has 1 fully saturated rings. The fourth-order valence-corrected chi connectivity index (χ4v) is 3.36. The molecule has 1 aromatic heterocycles. The lowest BCUT2D eigenvalue weighted by molar-refractivity contribution is 0.246. The van der Waals surface area contributed by atoms with E-state index in [1.54, 1.807) is 0 Å². The zero-order chi connectivity index (χ0) is 17.2. The molecule has 4 rings (SSSR count). The standard InChI is InChI=1S/C20H22N4O/c1-14-7-8-17-18(11-14)22-19(15-5-3-2-4-6-15)23-20(17)24-10-9-21-12-16(24)13-25/h2-8,11,16,21,25H,9-10,12-13H2,1H3. The quantitative estimate of drug-likeness (QED) is 0.770. The van der Waals surface area contributed by atoms with Crippen LogP contribution in [0.15, 0.2) is 48.5 Å². The third-order valence-corrected chi connectivity index (χ3v) is 4.70. The minimum absolute atomic E-state index is 0.0248. The smallest absolute Gasteiger partial charge is 0.162 e. The van der Waals surface area contributed by atoms with Crippen LogP contribution < -0.4 is 10.2 Å². The van der Waals surface area contributed by atoms with Crippen molar-refractivity contribution in [3.8, 4) is 11.4 Å². The Morgan fingerprint density at radius 2 is 2.00 bits per heavy atom. The molecule has 128 valence electrons. The monoisotopic (exact) mass is 334 g/mol. The first-order valence-electron chi connectivity index (χ1n) is 8.68. The van der Waals surface area contributed by atoms with Gasteiger partial charge in [-0.25, -0.2) is 9.97 Å². The van der Waals surface area contributed by atoms with E-state index >= 15 is 0 Å². The Bertz CT molecular complexity index is 882. The average molecular weight is 334 g/mol. The third-order valence-electron chi connectivity index (χ3n) is 4.70. The van der Waals surface area contributed by atoms with Crippen molar-refractivity contribution in [2.45, 2.75) is 13.0 Å². The molecular weight excluding hydrogens is 312 g/mol. The van der Waals surface area contributed by atoms with Crippen LogP contribution >= 0.6 is 0 Å². The number of aromatic nitrogens is 2. The Labute approximate surface area is 147 Å². The highest BCUT2D eigenvalue weighted by Crippen LogP contribution is 2.29. The molecule has 1 unspecified atom stereocenters. The summed E-state index contributed by atoms with van der Waals surface area (Å²) in [6.07, 6.45) is 0. The van der Waals surface area contributed by atoms with E-state index in [-0.39, 0.29) is 12.6 Å². The molecule has 0 radical (unpaired) electrons. The fraction of sp³-hybridized carbons (Fsp3) is 0.300. The molecule has 2 aromatic carbocycles. The van der Waals surface area contributed by atoms with E-state index in [9.17, 15) is 5.11 Å². The van der Waals surface area contributed by atoms with Gasteiger partial charge in [-0.15, -0.1) is 0 Å². The van der Waals surface area contributed by atoms with Crippen LogP contribution in [0.4, 0.5) is 5.82 Å². The lowest BCUT2D eigenvalue weighted by Crippen LogP contribution is -2.53. The topological polar surface area (TPSA) is 61.3 Å². The molecule has 3 aromatic rings. The van der Waals surface area contributed by atoms with Gasteiger partial charge in [0.15, 0.2) is 5.82 Å². The molecule has 5 heteroatoms. The first kappa shape index (κ1) is 16.0. The number of rotatable bonds is 3. The van der Waals surface area contributed by atoms with E-state index < -0.39 is 0 Å². The van der Waals surface area contributed by atoms with Crippen molar-refractivity contribution in [3.63, 3.8) is 0 Å². The van der Waals surface area contributed by atoms with Crippen molar-refractivity contribution in [3.05, 3.63) is 54.1 Å². The fourth-order valence-electron chi connectivity index (χ4n) is 3.36. The van der Waals surface area contributed by atoms with Gasteiger partial charge in [-0.2, -0.15) is 0 Å². The molecule has 0 spiro atoms. The molecule has 1 aliphatic heterocycles. The Hall–Kier alpha value is -2.50. The van der Waals surface area contributed by atoms with Gasteiger partial charge in [-0.05, 0) is 24.6 Å². The minimum atomic E-state index is 0.0248. The maximum Gasteiger partial charge on any atom is 0.162 e. The third kappa shape index (κ3) is 3.08. The van der Waals surface area contributed by atoms with E-state index in [1.807, 2.05) is 30.3 Å². The highest BCUT2D eigenvalue weighted by Gasteiger charge is 2.25. The maximum absolute atomic E-state index is 9.80. The van der Waals surface area contributed by atoms with Gasteiger partial charge >= 0.3 is 0 Å². The van der Waals surface area contributed by atoms with Gasteiger partial charge in [0.05, 0.1) is 18.2 Å². The number of piperazine rings is 1. The summed E-state index contributed by atoms with van der Waals surface area (Å²) in [5.41, 5.74) is 3.12. The van der Waals surface area contributed by atoms with Crippen molar-refractivity contribution in [1.29, 1.82) is 0 Å². The number of aryl methyl sites for hydroxylation is 1. The Morgan fingerprint density at radius 1 is 1.16 bits per heavy atom. The molecule has 1 atom stereocenters. The van der Waals surface area contributed by atoms with Gasteiger partial charge in [0.1, 0.15) is 5.82 Å². The summed E-state index contributed by atoms with van der Waals surface area (Å²) in [6.45, 7) is 4.64. The Morgan fingerprint density at radius 3 is 2.80 bits per heavy atom. The molecule has 5 nitrogen and oxygen atoms in total. The van der Waals surface area contributed by atoms with E-state index in [4.69, 9.17) is 9.97 Å². The summed E-state index contributed by atoms with van der Waals surface area (Å²) in [7, 11) is 0. The number of nitrogens with zero attached hydrogens (tertiary/aromatic N) is 3. The molecule has 0 bridgehead atoms. The summed E-state index contributed by atoms with van der Waals surface area (Å²) < 4.78 is 0. The number of anilines is 1. The second-order valence-corrected chi connectivity index (χ2v) is 6.49. The van der Waals surface area contributed by atoms with Gasteiger partial charge in [-0.3, -0.25) is 0 Å². The van der Waals surface area contributed by atoms with E-state index in [2.05, 4.69) is 35.3 Å². The zero-order valence-corrected chi connectivity index (χ0v) is 14.3. The normalized spacial score (nSPS) is 17.8. The van der Waals surface area contributed by atoms with Crippen LogP contribution in [-0.4, -0.2) is 47.4 Å². The second kappa shape index (κ2) is 6.78. The van der Waals surface area contributed by atoms with E-state index in [0.29, 0.717) is 0 Å². The van der Waals surface area contributed by atoms with Crippen molar-refractivity contribution in [2.24, 2.45) is 0 Å². The van der Waals surface area contributed by atoms with Crippen LogP contribution in [0.3, 0.4) is 0 Å². The Kier molecular flexibility index (Phi) is 4.34. The summed E-state index contributed by atoms with van der Waals surface area (Å²) in [5.74, 6) is 1.63. The van der Waals surface area contributed by atoms with Crippen molar-refractivity contribution >= 4 is 16.7 Å². The largest absolute Gasteiger partial charge is 0.394 e. The molecule has 0 amide bonds. The van der Waals surface area contributed by atoms with Crippen LogP contribution in [0, 0.1) is 6.92 Å². The molecule has 1 aliphatic rings. The number of benzene rings is 2. The summed E-state index contributed by atoms with van der Waals surface area (Å²) >= 11 is 0. The molecular formula is C20H22N4O. The van der Waals surface area contributed by atoms with Gasteiger partial charge in [0, 0.05) is 30.6 Å². The van der Waals surface area contributed by atoms with Gasteiger partial charge in [0.25, 0.3) is 0 Å². The first-order valence-corrected chi connectivity index (χ1v) is 8.68. The lowest BCUT2D eigenvalue weighted by atomic mass is 10.1. The molecule has 0 saturated carbocycles. The van der Waals surface area contributed by atoms with Crippen LogP contribution in [0.1, 0.15) is 5.56 Å². The second-order valence-electron chi connectivity index (χ2n) is 6.49. The van der Waals surface area contributed by atoms with Crippen LogP contribution in [0.5, 0.6) is 0 Å². The summed E-state index contributed by atoms with van der Waals surface area (Å²) in [5, 5.41) is 14.2. The van der Waals surface area contributed by atoms with E-state index in [1.165, 1.54) is 5.56 Å². The Balaban J connectivity index is 1.92. The van der Waals surface area contributed by atoms with Crippen LogP contribution in [-0.2, 0) is 0 Å². The van der Waals surface area contributed by atoms with Gasteiger partial charge in [-0.1, -0.05) is 36.4 Å². The van der Waals surface area contributed by atoms with Crippen LogP contribution in [0.25, 0.3) is 22.3 Å². The van der Waals surface area contributed by atoms with Crippen molar-refractivity contribution < 1.29 is 5.11 Å². The number of fused-ring (bicyclic) bond motifs is 1. The van der Waals surface area contributed by atoms with Crippen molar-refractivity contribution in [1.82, 2.24) is 15.3 Å². The first-order chi connectivity index (χ1) is 12.3. The number of aliphatic hydroxyl groups excluding tert-OH is 1. The SMILES string of the molecule is Cc1ccc2c(N3CCNCC3CO)nc(-c3ccccc3)nc2c1. The maximum atomic E-state index is 9.80. The predicted molar refractivity (Wildman–Crippen MR) is 101 cm³/mol. The van der Waals surface area contributed by atoms with E-state index in [0.717, 1.165) is 47.7 Å². The highest BCUT2D eigenvalue weighted by atomic mass is 16.3. The summed E-state index contributed by atoms with van der Waals surface area (Å²) in [4.78, 5) is 11.9. The molecule has 1 saturated heterocycles. The molecule has 2 N–H and O–H groups in total. The van der Waals surface area contributed by atoms with Crippen molar-refractivity contribution in [2.75, 3.05) is 31.1 Å². The lowest BCUT2D eigenvalue weighted by Gasteiger charge is -2.36. The minimum Gasteiger partial charge on any atom is -0.394 e. The summed E-state index contributed by atoms with van der Waals surface area (Å²) in [6, 6.07) is 16.4. The molecule has 25 heavy (non-hydrogen) atoms. The number of hydrogen-bond donors (Lipinski definition) is 2. The number of nitrogens with one attached hydrogen (secondary N) is 1. The van der Waals surface area contributed by atoms with Gasteiger partial charge in [0.2, 0.25) is 0 Å². The molecule has 0 aliphatic carbocycles. The van der Waals surface area contributed by atoms with Gasteiger partial charge < -0.3 is 15.3 Å². The average Bonchev–Trinajstić information content (AvgIpc) is 2.67. The highest BCUT2D eigenvalue weighted by molar-refractivity contribution is 5.91.